The van der Waals surface area contributed by atoms with Crippen molar-refractivity contribution in [1.29, 1.82) is 0 Å². The van der Waals surface area contributed by atoms with E-state index in [0.717, 1.165) is 5.56 Å². The van der Waals surface area contributed by atoms with E-state index in [4.69, 9.17) is 9.15 Å². The lowest BCUT2D eigenvalue weighted by molar-refractivity contribution is -0.147. The summed E-state index contributed by atoms with van der Waals surface area (Å²) in [5.74, 6) is -1.44. The van der Waals surface area contributed by atoms with Crippen molar-refractivity contribution >= 4 is 23.3 Å². The van der Waals surface area contributed by atoms with E-state index in [1.54, 1.807) is 23.3 Å². The molecule has 2 amide bonds. The lowest BCUT2D eigenvalue weighted by Crippen LogP contribution is -2.55. The van der Waals surface area contributed by atoms with E-state index in [0.29, 0.717) is 11.4 Å². The summed E-state index contributed by atoms with van der Waals surface area (Å²) in [7, 11) is 0. The van der Waals surface area contributed by atoms with Gasteiger partial charge in [-0.3, -0.25) is 14.4 Å². The molecule has 2 bridgehead atoms. The lowest BCUT2D eigenvalue weighted by atomic mass is 9.70. The number of furan rings is 1. The third-order valence-electron chi connectivity index (χ3n) is 7.57. The Morgan fingerprint density at radius 2 is 1.97 bits per heavy atom. The fourth-order valence-electron chi connectivity index (χ4n) is 6.13. The fraction of sp³-hybridized carbons (Fsp3) is 0.400. The minimum atomic E-state index is -0.975. The van der Waals surface area contributed by atoms with Crippen molar-refractivity contribution in [1.82, 2.24) is 4.90 Å². The van der Waals surface area contributed by atoms with Crippen LogP contribution >= 0.6 is 0 Å². The highest BCUT2D eigenvalue weighted by molar-refractivity contribution is 6.00. The monoisotopic (exact) mass is 432 g/mol. The van der Waals surface area contributed by atoms with Gasteiger partial charge in [0.25, 0.3) is 0 Å². The van der Waals surface area contributed by atoms with Crippen LogP contribution in [0, 0.1) is 24.7 Å². The smallest absolute Gasteiger partial charge is 0.231 e. The fourth-order valence-corrected chi connectivity index (χ4v) is 6.13. The van der Waals surface area contributed by atoms with Crippen LogP contribution in [0.2, 0.25) is 0 Å². The van der Waals surface area contributed by atoms with Gasteiger partial charge in [-0.25, -0.2) is 0 Å². The average molecular weight is 432 g/mol. The molecule has 0 aliphatic carbocycles. The minimum absolute atomic E-state index is 0.0727. The van der Waals surface area contributed by atoms with Crippen molar-refractivity contribution in [2.45, 2.75) is 44.1 Å². The minimum Gasteiger partial charge on any atom is -0.467 e. The molecule has 3 saturated heterocycles. The van der Waals surface area contributed by atoms with Gasteiger partial charge in [-0.2, -0.15) is 0 Å². The van der Waals surface area contributed by atoms with Gasteiger partial charge < -0.3 is 19.4 Å². The predicted octanol–water partition coefficient (Wildman–Crippen LogP) is 3.03. The Morgan fingerprint density at radius 3 is 2.69 bits per heavy atom. The maximum absolute atomic E-state index is 13.9. The van der Waals surface area contributed by atoms with Crippen LogP contribution in [0.15, 0.2) is 59.2 Å². The molecule has 6 rings (SSSR count). The van der Waals surface area contributed by atoms with Gasteiger partial charge in [-0.1, -0.05) is 36.8 Å². The molecule has 5 heterocycles. The number of carbonyl (C=O) groups excluding carboxylic acids is 3. The first-order valence-corrected chi connectivity index (χ1v) is 11.0. The zero-order valence-corrected chi connectivity index (χ0v) is 17.9. The topological polar surface area (TPSA) is 88.9 Å². The summed E-state index contributed by atoms with van der Waals surface area (Å²) in [6, 6.07) is 10.2. The number of benzene rings is 1. The molecule has 2 aromatic rings. The number of anilines is 1. The number of carbonyl (C=O) groups is 3. The van der Waals surface area contributed by atoms with Crippen molar-refractivity contribution in [3.63, 3.8) is 0 Å². The van der Waals surface area contributed by atoms with Gasteiger partial charge in [-0.05, 0) is 31.2 Å². The van der Waals surface area contributed by atoms with Crippen molar-refractivity contribution in [2.24, 2.45) is 17.8 Å². The third kappa shape index (κ3) is 2.48. The average Bonchev–Trinajstić information content (AvgIpc) is 3.54. The number of fused-ring (bicyclic) bond motifs is 2. The second-order valence-electron chi connectivity index (χ2n) is 9.33. The summed E-state index contributed by atoms with van der Waals surface area (Å²) < 4.78 is 12.0. The lowest BCUT2D eigenvalue weighted by Gasteiger charge is -2.43. The van der Waals surface area contributed by atoms with Gasteiger partial charge in [0.05, 0.1) is 36.3 Å². The first-order valence-electron chi connectivity index (χ1n) is 11.0. The molecular weight excluding hydrogens is 408 g/mol. The molecule has 4 aliphatic rings. The van der Waals surface area contributed by atoms with Gasteiger partial charge in [-0.15, -0.1) is 0 Å². The maximum Gasteiger partial charge on any atom is 0.231 e. The van der Waals surface area contributed by atoms with E-state index in [1.807, 2.05) is 50.3 Å². The van der Waals surface area contributed by atoms with Crippen LogP contribution in [0.25, 0.3) is 0 Å². The van der Waals surface area contributed by atoms with Crippen LogP contribution in [0.1, 0.15) is 30.7 Å². The normalized spacial score (nSPS) is 37.0. The van der Waals surface area contributed by atoms with Gasteiger partial charge in [0.15, 0.2) is 0 Å². The number of rotatable bonds is 3. The van der Waals surface area contributed by atoms with E-state index < -0.39 is 41.5 Å². The molecule has 1 spiro atoms. The maximum atomic E-state index is 13.9. The quantitative estimate of drug-likeness (QED) is 0.754. The molecule has 164 valence electrons. The molecule has 1 N–H and O–H groups in total. The Hall–Kier alpha value is -3.19. The molecule has 3 fully saturated rings. The highest BCUT2D eigenvalue weighted by Gasteiger charge is 2.74. The second-order valence-corrected chi connectivity index (χ2v) is 9.33. The predicted molar refractivity (Wildman–Crippen MR) is 114 cm³/mol. The van der Waals surface area contributed by atoms with E-state index in [-0.39, 0.29) is 24.0 Å². The first kappa shape index (κ1) is 19.5. The number of hydrogen-bond acceptors (Lipinski definition) is 5. The van der Waals surface area contributed by atoms with E-state index >= 15 is 0 Å². The van der Waals surface area contributed by atoms with Crippen molar-refractivity contribution in [3.05, 3.63) is 66.1 Å². The molecule has 1 aromatic heterocycles. The van der Waals surface area contributed by atoms with Crippen LogP contribution in [0.5, 0.6) is 0 Å². The third-order valence-corrected chi connectivity index (χ3v) is 7.57. The SMILES string of the molecule is Cc1ccc(NC(=O)[C@@H]2[C@@H]3C=C[C@]4(O3)[C@@H]2C(=O)N2[C@H]4[C@@H](C)C(=O)C[C@H]2c2ccco2)cc1. The summed E-state index contributed by atoms with van der Waals surface area (Å²) in [6.45, 7) is 3.84. The number of nitrogens with one attached hydrogen (secondary N) is 1. The van der Waals surface area contributed by atoms with Gasteiger partial charge >= 0.3 is 0 Å². The zero-order valence-electron chi connectivity index (χ0n) is 17.9. The molecule has 0 unspecified atom stereocenters. The summed E-state index contributed by atoms with van der Waals surface area (Å²) >= 11 is 0. The van der Waals surface area contributed by atoms with Crippen LogP contribution in [0.4, 0.5) is 5.69 Å². The summed E-state index contributed by atoms with van der Waals surface area (Å²) in [6.07, 6.45) is 5.05. The molecule has 1 aromatic carbocycles. The van der Waals surface area contributed by atoms with Crippen LogP contribution in [-0.4, -0.2) is 40.2 Å². The van der Waals surface area contributed by atoms with E-state index in [1.165, 1.54) is 0 Å². The zero-order chi connectivity index (χ0) is 22.2. The largest absolute Gasteiger partial charge is 0.467 e. The molecule has 0 saturated carbocycles. The number of nitrogens with zero attached hydrogens (tertiary/aromatic N) is 1. The van der Waals surface area contributed by atoms with Gasteiger partial charge in [0, 0.05) is 18.0 Å². The molecule has 7 nitrogen and oxygen atoms in total. The van der Waals surface area contributed by atoms with Crippen LogP contribution < -0.4 is 5.32 Å². The van der Waals surface area contributed by atoms with Gasteiger partial charge in [0.2, 0.25) is 11.8 Å². The Balaban J connectivity index is 1.38. The molecule has 7 heteroatoms. The summed E-state index contributed by atoms with van der Waals surface area (Å²) in [5.41, 5.74) is 0.803. The Labute approximate surface area is 185 Å². The highest BCUT2D eigenvalue weighted by Crippen LogP contribution is 2.59. The number of Topliss-reactive ketones (excluding diaryl/α,β-unsaturated/α-hetero) is 1. The Kier molecular flexibility index (Phi) is 4.05. The van der Waals surface area contributed by atoms with Crippen LogP contribution in [0.3, 0.4) is 0 Å². The molecular formula is C25H24N2O5. The molecule has 0 radical (unpaired) electrons. The van der Waals surface area contributed by atoms with Crippen molar-refractivity contribution in [3.8, 4) is 0 Å². The number of hydrogen-bond donors (Lipinski definition) is 1. The first-order chi connectivity index (χ1) is 15.4. The summed E-state index contributed by atoms with van der Waals surface area (Å²) in [4.78, 5) is 41.9. The molecule has 7 atom stereocenters. The number of piperidine rings is 1. The Morgan fingerprint density at radius 1 is 1.19 bits per heavy atom. The number of amides is 2. The number of ketones is 1. The highest BCUT2D eigenvalue weighted by atomic mass is 16.5. The standard InChI is InChI=1S/C25H24N2O5/c1-13-5-7-15(8-6-13)26-23(29)20-19-9-10-25(32-19)21(20)24(30)27-16(18-4-3-11-31-18)12-17(28)14(2)22(25)27/h3-11,14,16,19-22H,12H2,1-2H3,(H,26,29)/t14-,16-,19-,20+,21-,22-,25-/m0/s1. The number of ether oxygens (including phenoxy) is 1. The Bertz CT molecular complexity index is 1140. The summed E-state index contributed by atoms with van der Waals surface area (Å²) in [5, 5.41) is 2.96. The molecule has 4 aliphatic heterocycles. The van der Waals surface area contributed by atoms with Crippen molar-refractivity contribution in [2.75, 3.05) is 5.32 Å². The van der Waals surface area contributed by atoms with E-state index in [9.17, 15) is 14.4 Å². The molecule has 32 heavy (non-hydrogen) atoms. The second kappa shape index (κ2) is 6.65. The van der Waals surface area contributed by atoms with E-state index in [2.05, 4.69) is 5.32 Å². The van der Waals surface area contributed by atoms with Gasteiger partial charge in [0.1, 0.15) is 17.1 Å². The number of aryl methyl sites for hydroxylation is 1. The van der Waals surface area contributed by atoms with Crippen molar-refractivity contribution < 1.29 is 23.5 Å². The van der Waals surface area contributed by atoms with Crippen LogP contribution in [-0.2, 0) is 19.1 Å².